The fraction of sp³-hybridized carbons (Fsp3) is 0.929. The molecule has 0 aromatic carbocycles. The van der Waals surface area contributed by atoms with Gasteiger partial charge in [-0.3, -0.25) is 0 Å². The van der Waals surface area contributed by atoms with Gasteiger partial charge in [-0.1, -0.05) is 0 Å². The van der Waals surface area contributed by atoms with Gasteiger partial charge in [-0.25, -0.2) is 0 Å². The molecule has 0 N–H and O–H groups in total. The molecule has 1 aliphatic heterocycles. The van der Waals surface area contributed by atoms with Crippen molar-refractivity contribution < 1.29 is 19.0 Å². The standard InChI is InChI=1S/C14H26O4/c1-12(15)6-4-7-13-8-5-9-14(17-3,18-13)10-11-16-2/h13H,4-11H2,1-3H3/t13-,14?/m0/s1. The third-order valence-corrected chi connectivity index (χ3v) is 3.58. The molecule has 4 nitrogen and oxygen atoms in total. The molecule has 2 atom stereocenters. The molecular weight excluding hydrogens is 232 g/mol. The Morgan fingerprint density at radius 1 is 1.44 bits per heavy atom. The largest absolute Gasteiger partial charge is 0.384 e. The van der Waals surface area contributed by atoms with Crippen molar-refractivity contribution in [2.75, 3.05) is 20.8 Å². The van der Waals surface area contributed by atoms with Crippen molar-refractivity contribution in [2.45, 2.75) is 63.8 Å². The molecule has 1 saturated heterocycles. The maximum atomic E-state index is 10.9. The summed E-state index contributed by atoms with van der Waals surface area (Å²) in [4.78, 5) is 10.9. The Morgan fingerprint density at radius 2 is 2.22 bits per heavy atom. The third-order valence-electron chi connectivity index (χ3n) is 3.58. The molecule has 106 valence electrons. The van der Waals surface area contributed by atoms with Gasteiger partial charge in [-0.2, -0.15) is 0 Å². The van der Waals surface area contributed by atoms with Crippen LogP contribution in [-0.2, 0) is 19.0 Å². The van der Waals surface area contributed by atoms with Crippen LogP contribution in [0, 0.1) is 0 Å². The molecule has 0 aromatic rings. The first kappa shape index (κ1) is 15.6. The number of Topliss-reactive ketones (excluding diaryl/α,β-unsaturated/α-hetero) is 1. The molecule has 0 radical (unpaired) electrons. The van der Waals surface area contributed by atoms with Crippen molar-refractivity contribution in [2.24, 2.45) is 0 Å². The lowest BCUT2D eigenvalue weighted by atomic mass is 9.96. The molecule has 1 heterocycles. The van der Waals surface area contributed by atoms with Crippen LogP contribution in [0.15, 0.2) is 0 Å². The summed E-state index contributed by atoms with van der Waals surface area (Å²) in [6.07, 6.45) is 6.59. The van der Waals surface area contributed by atoms with E-state index in [-0.39, 0.29) is 11.9 Å². The van der Waals surface area contributed by atoms with E-state index < -0.39 is 5.79 Å². The second kappa shape index (κ2) is 7.87. The van der Waals surface area contributed by atoms with Gasteiger partial charge in [0.2, 0.25) is 0 Å². The molecule has 0 amide bonds. The number of hydrogen-bond acceptors (Lipinski definition) is 4. The van der Waals surface area contributed by atoms with Crippen molar-refractivity contribution in [3.8, 4) is 0 Å². The minimum atomic E-state index is -0.477. The molecule has 0 saturated carbocycles. The van der Waals surface area contributed by atoms with Crippen LogP contribution >= 0.6 is 0 Å². The highest BCUT2D eigenvalue weighted by atomic mass is 16.7. The SMILES string of the molecule is COCCC1(OC)CCC[C@H](CCCC(C)=O)O1. The molecular formula is C14H26O4. The fourth-order valence-electron chi connectivity index (χ4n) is 2.50. The Kier molecular flexibility index (Phi) is 6.82. The van der Waals surface area contributed by atoms with Gasteiger partial charge in [-0.15, -0.1) is 0 Å². The average Bonchev–Trinajstić information content (AvgIpc) is 2.36. The van der Waals surface area contributed by atoms with E-state index >= 15 is 0 Å². The summed E-state index contributed by atoms with van der Waals surface area (Å²) in [5, 5.41) is 0. The second-order valence-corrected chi connectivity index (χ2v) is 5.08. The van der Waals surface area contributed by atoms with Gasteiger partial charge in [0.05, 0.1) is 12.7 Å². The summed E-state index contributed by atoms with van der Waals surface area (Å²) in [6, 6.07) is 0. The molecule has 4 heteroatoms. The Hall–Kier alpha value is -0.450. The predicted octanol–water partition coefficient (Wildman–Crippen LogP) is 2.69. The zero-order chi connectivity index (χ0) is 13.4. The van der Waals surface area contributed by atoms with Crippen LogP contribution in [0.3, 0.4) is 0 Å². The average molecular weight is 258 g/mol. The van der Waals surface area contributed by atoms with Gasteiger partial charge in [-0.05, 0) is 32.6 Å². The molecule has 1 unspecified atom stereocenters. The quantitative estimate of drug-likeness (QED) is 0.671. The molecule has 1 rings (SSSR count). The van der Waals surface area contributed by atoms with Crippen molar-refractivity contribution >= 4 is 5.78 Å². The van der Waals surface area contributed by atoms with Gasteiger partial charge in [0, 0.05) is 33.5 Å². The number of hydrogen-bond donors (Lipinski definition) is 0. The van der Waals surface area contributed by atoms with E-state index in [9.17, 15) is 4.79 Å². The van der Waals surface area contributed by atoms with Gasteiger partial charge >= 0.3 is 0 Å². The van der Waals surface area contributed by atoms with Gasteiger partial charge in [0.15, 0.2) is 5.79 Å². The summed E-state index contributed by atoms with van der Waals surface area (Å²) < 4.78 is 16.8. The lowest BCUT2D eigenvalue weighted by Crippen LogP contribution is -2.43. The number of ether oxygens (including phenoxy) is 3. The first-order chi connectivity index (χ1) is 8.62. The summed E-state index contributed by atoms with van der Waals surface area (Å²) in [5.41, 5.74) is 0. The minimum Gasteiger partial charge on any atom is -0.384 e. The number of carbonyl (C=O) groups excluding carboxylic acids is 1. The van der Waals surface area contributed by atoms with E-state index in [0.29, 0.717) is 13.0 Å². The molecule has 0 aromatic heterocycles. The molecule has 1 fully saturated rings. The highest BCUT2D eigenvalue weighted by Gasteiger charge is 2.36. The summed E-state index contributed by atoms with van der Waals surface area (Å²) in [7, 11) is 3.39. The van der Waals surface area contributed by atoms with E-state index in [1.54, 1.807) is 21.1 Å². The van der Waals surface area contributed by atoms with E-state index in [1.165, 1.54) is 0 Å². The zero-order valence-electron chi connectivity index (χ0n) is 11.9. The van der Waals surface area contributed by atoms with E-state index in [4.69, 9.17) is 14.2 Å². The smallest absolute Gasteiger partial charge is 0.170 e. The van der Waals surface area contributed by atoms with Crippen LogP contribution < -0.4 is 0 Å². The first-order valence-electron chi connectivity index (χ1n) is 6.83. The van der Waals surface area contributed by atoms with Crippen molar-refractivity contribution in [3.63, 3.8) is 0 Å². The van der Waals surface area contributed by atoms with Gasteiger partial charge in [0.25, 0.3) is 0 Å². The Morgan fingerprint density at radius 3 is 2.83 bits per heavy atom. The van der Waals surface area contributed by atoms with Crippen molar-refractivity contribution in [1.29, 1.82) is 0 Å². The molecule has 0 bridgehead atoms. The Labute approximate surface area is 110 Å². The zero-order valence-corrected chi connectivity index (χ0v) is 11.9. The number of carbonyl (C=O) groups is 1. The Bertz CT molecular complexity index is 254. The molecule has 0 spiro atoms. The normalized spacial score (nSPS) is 28.3. The highest BCUT2D eigenvalue weighted by Crippen LogP contribution is 2.34. The second-order valence-electron chi connectivity index (χ2n) is 5.08. The first-order valence-corrected chi connectivity index (χ1v) is 6.83. The molecule has 18 heavy (non-hydrogen) atoms. The van der Waals surface area contributed by atoms with Crippen LogP contribution in [0.5, 0.6) is 0 Å². The third kappa shape index (κ3) is 5.04. The summed E-state index contributed by atoms with van der Waals surface area (Å²) in [5.74, 6) is -0.224. The van der Waals surface area contributed by atoms with Crippen molar-refractivity contribution in [1.82, 2.24) is 0 Å². The minimum absolute atomic E-state index is 0.218. The van der Waals surface area contributed by atoms with Crippen LogP contribution in [0.2, 0.25) is 0 Å². The summed E-state index contributed by atoms with van der Waals surface area (Å²) in [6.45, 7) is 2.29. The monoisotopic (exact) mass is 258 g/mol. The van der Waals surface area contributed by atoms with Crippen LogP contribution in [0.25, 0.3) is 0 Å². The van der Waals surface area contributed by atoms with E-state index in [0.717, 1.165) is 38.5 Å². The van der Waals surface area contributed by atoms with Gasteiger partial charge < -0.3 is 19.0 Å². The maximum Gasteiger partial charge on any atom is 0.170 e. The predicted molar refractivity (Wildman–Crippen MR) is 69.5 cm³/mol. The maximum absolute atomic E-state index is 10.9. The highest BCUT2D eigenvalue weighted by molar-refractivity contribution is 5.75. The van der Waals surface area contributed by atoms with Gasteiger partial charge in [0.1, 0.15) is 5.78 Å². The topological polar surface area (TPSA) is 44.8 Å². The number of rotatable bonds is 8. The lowest BCUT2D eigenvalue weighted by Gasteiger charge is -2.40. The van der Waals surface area contributed by atoms with E-state index in [1.807, 2.05) is 0 Å². The summed E-state index contributed by atoms with van der Waals surface area (Å²) >= 11 is 0. The van der Waals surface area contributed by atoms with Crippen LogP contribution in [-0.4, -0.2) is 38.5 Å². The van der Waals surface area contributed by atoms with Crippen LogP contribution in [0.4, 0.5) is 0 Å². The number of ketones is 1. The molecule has 0 aliphatic carbocycles. The lowest BCUT2D eigenvalue weighted by molar-refractivity contribution is -0.275. The fourth-order valence-corrected chi connectivity index (χ4v) is 2.50. The van der Waals surface area contributed by atoms with E-state index in [2.05, 4.69) is 0 Å². The van der Waals surface area contributed by atoms with Crippen molar-refractivity contribution in [3.05, 3.63) is 0 Å². The molecule has 1 aliphatic rings. The Balaban J connectivity index is 2.39. The number of methoxy groups -OCH3 is 2. The van der Waals surface area contributed by atoms with Crippen LogP contribution in [0.1, 0.15) is 51.9 Å².